The maximum atomic E-state index is 12.2. The summed E-state index contributed by atoms with van der Waals surface area (Å²) in [5, 5.41) is 0. The van der Waals surface area contributed by atoms with E-state index in [-0.39, 0.29) is 18.3 Å². The van der Waals surface area contributed by atoms with E-state index in [1.807, 2.05) is 0 Å². The van der Waals surface area contributed by atoms with E-state index in [1.165, 1.54) is 12.8 Å². The molecule has 0 radical (unpaired) electrons. The highest BCUT2D eigenvalue weighted by Gasteiger charge is 2.36. The highest BCUT2D eigenvalue weighted by Crippen LogP contribution is 2.29. The van der Waals surface area contributed by atoms with Gasteiger partial charge in [-0.15, -0.1) is 0 Å². The lowest BCUT2D eigenvalue weighted by Gasteiger charge is -2.35. The SMILES string of the molecule is CC(C)OC[C@]1(C)CCCN1CCCF. The Hall–Kier alpha value is -0.150. The van der Waals surface area contributed by atoms with Crippen LogP contribution in [0.3, 0.4) is 0 Å². The second-order valence-electron chi connectivity index (χ2n) is 4.99. The highest BCUT2D eigenvalue weighted by molar-refractivity contribution is 4.91. The summed E-state index contributed by atoms with van der Waals surface area (Å²) in [6.07, 6.45) is 3.32. The first-order valence-electron chi connectivity index (χ1n) is 6.01. The molecule has 1 heterocycles. The summed E-state index contributed by atoms with van der Waals surface area (Å²) >= 11 is 0. The zero-order valence-electron chi connectivity index (χ0n) is 10.3. The zero-order chi connectivity index (χ0) is 11.3. The van der Waals surface area contributed by atoms with E-state index in [1.54, 1.807) is 0 Å². The molecule has 0 aromatic heterocycles. The average molecular weight is 217 g/mol. The molecule has 3 heteroatoms. The van der Waals surface area contributed by atoms with E-state index in [0.29, 0.717) is 6.42 Å². The van der Waals surface area contributed by atoms with Crippen LogP contribution in [0.25, 0.3) is 0 Å². The predicted molar refractivity (Wildman–Crippen MR) is 60.9 cm³/mol. The lowest BCUT2D eigenvalue weighted by Crippen LogP contribution is -2.46. The molecular weight excluding hydrogens is 193 g/mol. The first-order chi connectivity index (χ1) is 7.08. The van der Waals surface area contributed by atoms with Crippen molar-refractivity contribution in [3.05, 3.63) is 0 Å². The van der Waals surface area contributed by atoms with Gasteiger partial charge in [0, 0.05) is 12.1 Å². The molecule has 0 aromatic carbocycles. The molecule has 1 atom stereocenters. The molecule has 0 N–H and O–H groups in total. The van der Waals surface area contributed by atoms with Gasteiger partial charge in [-0.05, 0) is 46.6 Å². The van der Waals surface area contributed by atoms with Crippen LogP contribution >= 0.6 is 0 Å². The quantitative estimate of drug-likeness (QED) is 0.678. The number of hydrogen-bond acceptors (Lipinski definition) is 2. The molecule has 1 fully saturated rings. The molecule has 0 saturated carbocycles. The maximum absolute atomic E-state index is 12.2. The smallest absolute Gasteiger partial charge is 0.0906 e. The number of ether oxygens (including phenoxy) is 1. The number of rotatable bonds is 6. The molecule has 1 aliphatic rings. The van der Waals surface area contributed by atoms with Gasteiger partial charge >= 0.3 is 0 Å². The third-order valence-corrected chi connectivity index (χ3v) is 3.20. The van der Waals surface area contributed by atoms with E-state index in [9.17, 15) is 4.39 Å². The maximum Gasteiger partial charge on any atom is 0.0906 e. The number of halogens is 1. The standard InChI is InChI=1S/C12H24FNO/c1-11(2)15-10-12(3)6-4-8-14(12)9-5-7-13/h11H,4-10H2,1-3H3/t12-/m0/s1. The molecule has 0 aromatic rings. The van der Waals surface area contributed by atoms with Gasteiger partial charge in [0.15, 0.2) is 0 Å². The van der Waals surface area contributed by atoms with E-state index in [0.717, 1.165) is 19.7 Å². The molecule has 1 saturated heterocycles. The average Bonchev–Trinajstić information content (AvgIpc) is 2.55. The molecule has 90 valence electrons. The van der Waals surface area contributed by atoms with Crippen LogP contribution in [-0.4, -0.2) is 42.9 Å². The summed E-state index contributed by atoms with van der Waals surface area (Å²) in [6, 6.07) is 0. The minimum atomic E-state index is -0.211. The van der Waals surface area contributed by atoms with Crippen LogP contribution < -0.4 is 0 Å². The van der Waals surface area contributed by atoms with Crippen LogP contribution in [0.1, 0.15) is 40.0 Å². The summed E-state index contributed by atoms with van der Waals surface area (Å²) < 4.78 is 17.9. The van der Waals surface area contributed by atoms with E-state index >= 15 is 0 Å². The summed E-state index contributed by atoms with van der Waals surface area (Å²) in [6.45, 7) is 8.88. The minimum absolute atomic E-state index is 0.138. The fourth-order valence-electron chi connectivity index (χ4n) is 2.22. The van der Waals surface area contributed by atoms with E-state index in [4.69, 9.17) is 4.74 Å². The fourth-order valence-corrected chi connectivity index (χ4v) is 2.22. The molecular formula is C12H24FNO. The molecule has 1 rings (SSSR count). The van der Waals surface area contributed by atoms with Crippen LogP contribution in [0.2, 0.25) is 0 Å². The van der Waals surface area contributed by atoms with Crippen molar-refractivity contribution < 1.29 is 9.13 Å². The first kappa shape index (κ1) is 12.9. The van der Waals surface area contributed by atoms with Gasteiger partial charge in [0.25, 0.3) is 0 Å². The Balaban J connectivity index is 2.41. The summed E-state index contributed by atoms with van der Waals surface area (Å²) in [4.78, 5) is 2.38. The Morgan fingerprint density at radius 2 is 2.20 bits per heavy atom. The van der Waals surface area contributed by atoms with Crippen molar-refractivity contribution in [3.8, 4) is 0 Å². The number of nitrogens with zero attached hydrogens (tertiary/aromatic N) is 1. The van der Waals surface area contributed by atoms with Gasteiger partial charge in [-0.3, -0.25) is 9.29 Å². The highest BCUT2D eigenvalue weighted by atomic mass is 19.1. The van der Waals surface area contributed by atoms with E-state index in [2.05, 4.69) is 25.7 Å². The van der Waals surface area contributed by atoms with Crippen molar-refractivity contribution in [1.82, 2.24) is 4.90 Å². The van der Waals surface area contributed by atoms with Crippen molar-refractivity contribution in [2.45, 2.75) is 51.7 Å². The van der Waals surface area contributed by atoms with Gasteiger partial charge < -0.3 is 4.74 Å². The van der Waals surface area contributed by atoms with Crippen molar-refractivity contribution >= 4 is 0 Å². The number of alkyl halides is 1. The third kappa shape index (κ3) is 3.72. The normalized spacial score (nSPS) is 27.8. The van der Waals surface area contributed by atoms with Gasteiger partial charge in [0.1, 0.15) is 0 Å². The fraction of sp³-hybridized carbons (Fsp3) is 1.00. The lowest BCUT2D eigenvalue weighted by atomic mass is 10.00. The Labute approximate surface area is 92.8 Å². The van der Waals surface area contributed by atoms with Gasteiger partial charge in [-0.1, -0.05) is 0 Å². The van der Waals surface area contributed by atoms with Crippen LogP contribution in [0.15, 0.2) is 0 Å². The second-order valence-corrected chi connectivity index (χ2v) is 4.99. The monoisotopic (exact) mass is 217 g/mol. The summed E-state index contributed by atoms with van der Waals surface area (Å²) in [5.74, 6) is 0. The van der Waals surface area contributed by atoms with Crippen LogP contribution in [0.4, 0.5) is 4.39 Å². The van der Waals surface area contributed by atoms with Crippen molar-refractivity contribution in [2.75, 3.05) is 26.4 Å². The molecule has 0 aliphatic carbocycles. The Morgan fingerprint density at radius 3 is 2.80 bits per heavy atom. The molecule has 15 heavy (non-hydrogen) atoms. The van der Waals surface area contributed by atoms with Crippen molar-refractivity contribution in [3.63, 3.8) is 0 Å². The lowest BCUT2D eigenvalue weighted by molar-refractivity contribution is -0.00550. The van der Waals surface area contributed by atoms with Gasteiger partial charge in [0.05, 0.1) is 19.4 Å². The zero-order valence-corrected chi connectivity index (χ0v) is 10.3. The Kier molecular flexibility index (Phi) is 5.00. The van der Waals surface area contributed by atoms with Crippen LogP contribution in [0.5, 0.6) is 0 Å². The second kappa shape index (κ2) is 5.80. The van der Waals surface area contributed by atoms with Gasteiger partial charge in [-0.2, -0.15) is 0 Å². The summed E-state index contributed by atoms with van der Waals surface area (Å²) in [7, 11) is 0. The van der Waals surface area contributed by atoms with Gasteiger partial charge in [-0.25, -0.2) is 0 Å². The molecule has 0 spiro atoms. The first-order valence-corrected chi connectivity index (χ1v) is 6.01. The summed E-state index contributed by atoms with van der Waals surface area (Å²) in [5.41, 5.74) is 0.138. The molecule has 0 unspecified atom stereocenters. The molecule has 0 bridgehead atoms. The largest absolute Gasteiger partial charge is 0.377 e. The van der Waals surface area contributed by atoms with Crippen LogP contribution in [0, 0.1) is 0 Å². The van der Waals surface area contributed by atoms with Crippen molar-refractivity contribution in [2.24, 2.45) is 0 Å². The Morgan fingerprint density at radius 1 is 1.47 bits per heavy atom. The number of likely N-dealkylation sites (tertiary alicyclic amines) is 1. The molecule has 0 amide bonds. The topological polar surface area (TPSA) is 12.5 Å². The third-order valence-electron chi connectivity index (χ3n) is 3.20. The number of hydrogen-bond donors (Lipinski definition) is 0. The predicted octanol–water partition coefficient (Wildman–Crippen LogP) is 2.63. The van der Waals surface area contributed by atoms with E-state index < -0.39 is 0 Å². The van der Waals surface area contributed by atoms with Gasteiger partial charge in [0.2, 0.25) is 0 Å². The van der Waals surface area contributed by atoms with Crippen LogP contribution in [-0.2, 0) is 4.74 Å². The molecule has 2 nitrogen and oxygen atoms in total. The minimum Gasteiger partial charge on any atom is -0.377 e. The Bertz CT molecular complexity index is 186. The van der Waals surface area contributed by atoms with Crippen molar-refractivity contribution in [1.29, 1.82) is 0 Å². The molecule has 1 aliphatic heterocycles.